The summed E-state index contributed by atoms with van der Waals surface area (Å²) >= 11 is 0. The van der Waals surface area contributed by atoms with Gasteiger partial charge in [0.2, 0.25) is 0 Å². The molecule has 1 saturated carbocycles. The average molecular weight is 596 g/mol. The summed E-state index contributed by atoms with van der Waals surface area (Å²) in [5, 5.41) is 0. The van der Waals surface area contributed by atoms with Crippen LogP contribution in [0.5, 0.6) is 17.2 Å². The van der Waals surface area contributed by atoms with Crippen LogP contribution in [-0.2, 0) is 12.7 Å². The first-order chi connectivity index (χ1) is 19.2. The molecule has 0 heterocycles. The molecule has 0 N–H and O–H groups in total. The van der Waals surface area contributed by atoms with Crippen LogP contribution in [0.2, 0.25) is 0 Å². The Hall–Kier alpha value is -3.64. The first kappa shape index (κ1) is 30.3. The molecular formula is C28H22F10O3. The maximum Gasteiger partial charge on any atom is 0.429 e. The van der Waals surface area contributed by atoms with Gasteiger partial charge in [-0.1, -0.05) is 19.8 Å². The molecule has 3 aromatic rings. The third kappa shape index (κ3) is 6.99. The fourth-order valence-electron chi connectivity index (χ4n) is 4.38. The van der Waals surface area contributed by atoms with Crippen LogP contribution in [0.1, 0.15) is 43.7 Å². The van der Waals surface area contributed by atoms with Crippen LogP contribution in [0.15, 0.2) is 42.5 Å². The van der Waals surface area contributed by atoms with Crippen molar-refractivity contribution in [2.45, 2.75) is 51.4 Å². The molecule has 0 amide bonds. The standard InChI is InChI=1S/C28H22F10O3/c1-14-2-4-15(5-3-14)27(35,36)40-16-6-7-20(23(31)8-16)28(37,38)41-18-11-21(29)19(22(30)12-18)13-39-17-9-24(32)26(34)25(33)10-17/h6-12,14-15H,2-5,13H2,1H3. The summed E-state index contributed by atoms with van der Waals surface area (Å²) in [7, 11) is 0. The van der Waals surface area contributed by atoms with Gasteiger partial charge in [-0.05, 0) is 30.9 Å². The van der Waals surface area contributed by atoms with E-state index in [4.69, 9.17) is 4.74 Å². The van der Waals surface area contributed by atoms with Crippen LogP contribution in [0.4, 0.5) is 43.9 Å². The van der Waals surface area contributed by atoms with E-state index in [9.17, 15) is 43.9 Å². The molecule has 0 aromatic heterocycles. The van der Waals surface area contributed by atoms with Crippen molar-refractivity contribution in [3.63, 3.8) is 0 Å². The molecule has 4 rings (SSSR count). The van der Waals surface area contributed by atoms with Crippen molar-refractivity contribution in [2.75, 3.05) is 0 Å². The molecule has 1 fully saturated rings. The SMILES string of the molecule is CC1CCC(C(F)(F)Oc2ccc(C(F)(F)Oc3cc(F)c(COc4cc(F)c(F)c(F)c4)c(F)c3)c(F)c2)CC1. The maximum atomic E-state index is 14.7. The number of ether oxygens (including phenoxy) is 3. The van der Waals surface area contributed by atoms with Gasteiger partial charge in [-0.3, -0.25) is 0 Å². The largest absolute Gasteiger partial charge is 0.488 e. The van der Waals surface area contributed by atoms with E-state index in [-0.39, 0.29) is 18.8 Å². The lowest BCUT2D eigenvalue weighted by Crippen LogP contribution is -2.37. The monoisotopic (exact) mass is 596 g/mol. The van der Waals surface area contributed by atoms with Gasteiger partial charge in [0.15, 0.2) is 17.5 Å². The number of hydrogen-bond donors (Lipinski definition) is 0. The zero-order chi connectivity index (χ0) is 30.1. The Morgan fingerprint density at radius 1 is 0.659 bits per heavy atom. The molecule has 41 heavy (non-hydrogen) atoms. The fourth-order valence-corrected chi connectivity index (χ4v) is 4.38. The molecule has 222 valence electrons. The van der Waals surface area contributed by atoms with Crippen LogP contribution in [0.25, 0.3) is 0 Å². The van der Waals surface area contributed by atoms with Crippen molar-refractivity contribution >= 4 is 0 Å². The zero-order valence-electron chi connectivity index (χ0n) is 21.2. The molecule has 0 unspecified atom stereocenters. The highest BCUT2D eigenvalue weighted by Gasteiger charge is 2.44. The number of hydrogen-bond acceptors (Lipinski definition) is 3. The Labute approximate surface area is 227 Å². The Morgan fingerprint density at radius 3 is 1.76 bits per heavy atom. The summed E-state index contributed by atoms with van der Waals surface area (Å²) in [6, 6.07) is 2.96. The molecule has 3 aromatic carbocycles. The van der Waals surface area contributed by atoms with Gasteiger partial charge in [0.05, 0.1) is 11.5 Å². The predicted molar refractivity (Wildman–Crippen MR) is 125 cm³/mol. The van der Waals surface area contributed by atoms with Gasteiger partial charge >= 0.3 is 12.2 Å². The second-order valence-electron chi connectivity index (χ2n) is 9.74. The first-order valence-electron chi connectivity index (χ1n) is 12.3. The summed E-state index contributed by atoms with van der Waals surface area (Å²) in [4.78, 5) is 0. The predicted octanol–water partition coefficient (Wildman–Crippen LogP) is 9.03. The van der Waals surface area contributed by atoms with Crippen molar-refractivity contribution < 1.29 is 58.1 Å². The Morgan fingerprint density at radius 2 is 1.20 bits per heavy atom. The third-order valence-electron chi connectivity index (χ3n) is 6.70. The quantitative estimate of drug-likeness (QED) is 0.182. The average Bonchev–Trinajstić information content (AvgIpc) is 2.86. The fraction of sp³-hybridized carbons (Fsp3) is 0.357. The molecule has 0 spiro atoms. The van der Waals surface area contributed by atoms with Crippen LogP contribution >= 0.6 is 0 Å². The van der Waals surface area contributed by atoms with Gasteiger partial charge in [-0.25, -0.2) is 26.3 Å². The van der Waals surface area contributed by atoms with Crippen molar-refractivity contribution in [3.8, 4) is 17.2 Å². The van der Waals surface area contributed by atoms with Gasteiger partial charge in [-0.2, -0.15) is 17.6 Å². The molecule has 0 saturated heterocycles. The van der Waals surface area contributed by atoms with Crippen LogP contribution in [-0.4, -0.2) is 6.11 Å². The van der Waals surface area contributed by atoms with E-state index in [1.165, 1.54) is 0 Å². The Kier molecular flexibility index (Phi) is 8.65. The molecular weight excluding hydrogens is 574 g/mol. The van der Waals surface area contributed by atoms with Gasteiger partial charge in [0.25, 0.3) is 0 Å². The minimum absolute atomic E-state index is 0.183. The molecule has 0 aliphatic heterocycles. The van der Waals surface area contributed by atoms with E-state index in [0.717, 1.165) is 0 Å². The molecule has 0 radical (unpaired) electrons. The van der Waals surface area contributed by atoms with Crippen LogP contribution in [0, 0.1) is 46.7 Å². The Balaban J connectivity index is 1.45. The second kappa shape index (κ2) is 11.7. The van der Waals surface area contributed by atoms with Crippen LogP contribution in [0.3, 0.4) is 0 Å². The zero-order valence-corrected chi connectivity index (χ0v) is 21.2. The lowest BCUT2D eigenvalue weighted by Gasteiger charge is -2.32. The van der Waals surface area contributed by atoms with Gasteiger partial charge in [-0.15, -0.1) is 0 Å². The molecule has 13 heteroatoms. The molecule has 3 nitrogen and oxygen atoms in total. The lowest BCUT2D eigenvalue weighted by molar-refractivity contribution is -0.223. The van der Waals surface area contributed by atoms with E-state index in [1.54, 1.807) is 0 Å². The normalized spacial score (nSPS) is 17.8. The first-order valence-corrected chi connectivity index (χ1v) is 12.3. The summed E-state index contributed by atoms with van der Waals surface area (Å²) in [6.07, 6.45) is -6.69. The molecule has 0 bridgehead atoms. The maximum absolute atomic E-state index is 14.7. The van der Waals surface area contributed by atoms with Gasteiger partial charge in [0.1, 0.15) is 46.9 Å². The second-order valence-corrected chi connectivity index (χ2v) is 9.74. The number of benzene rings is 3. The van der Waals surface area contributed by atoms with Crippen molar-refractivity contribution in [2.24, 2.45) is 11.8 Å². The van der Waals surface area contributed by atoms with E-state index in [2.05, 4.69) is 9.47 Å². The van der Waals surface area contributed by atoms with E-state index >= 15 is 0 Å². The van der Waals surface area contributed by atoms with Crippen molar-refractivity contribution in [1.29, 1.82) is 0 Å². The minimum Gasteiger partial charge on any atom is -0.488 e. The highest BCUT2D eigenvalue weighted by Crippen LogP contribution is 2.41. The van der Waals surface area contributed by atoms with Gasteiger partial charge < -0.3 is 14.2 Å². The summed E-state index contributed by atoms with van der Waals surface area (Å²) in [5.74, 6) is -12.9. The van der Waals surface area contributed by atoms with Crippen LogP contribution < -0.4 is 14.2 Å². The Bertz CT molecular complexity index is 1360. The molecule has 1 aliphatic rings. The molecule has 1 aliphatic carbocycles. The summed E-state index contributed by atoms with van der Waals surface area (Å²) in [5.41, 5.74) is -2.28. The molecule has 0 atom stereocenters. The number of alkyl halides is 4. The lowest BCUT2D eigenvalue weighted by atomic mass is 9.82. The summed E-state index contributed by atoms with van der Waals surface area (Å²) < 4.78 is 155. The smallest absolute Gasteiger partial charge is 0.429 e. The number of rotatable bonds is 9. The highest BCUT2D eigenvalue weighted by atomic mass is 19.3. The topological polar surface area (TPSA) is 27.7 Å². The number of halogens is 10. The van der Waals surface area contributed by atoms with E-state index < -0.39 is 88.0 Å². The van der Waals surface area contributed by atoms with Crippen molar-refractivity contribution in [3.05, 3.63) is 88.5 Å². The van der Waals surface area contributed by atoms with Crippen molar-refractivity contribution in [1.82, 2.24) is 0 Å². The van der Waals surface area contributed by atoms with E-state index in [1.807, 2.05) is 6.92 Å². The minimum atomic E-state index is -4.51. The van der Waals surface area contributed by atoms with Gasteiger partial charge in [0, 0.05) is 30.3 Å². The third-order valence-corrected chi connectivity index (χ3v) is 6.70. The highest BCUT2D eigenvalue weighted by molar-refractivity contribution is 5.34. The summed E-state index contributed by atoms with van der Waals surface area (Å²) in [6.45, 7) is 0.958. The van der Waals surface area contributed by atoms with E-state index in [0.29, 0.717) is 55.3 Å².